The minimum Gasteiger partial charge on any atom is -0.495 e. The molecule has 7 heteroatoms. The molecule has 0 fully saturated rings. The van der Waals surface area contributed by atoms with Crippen LogP contribution in [0.3, 0.4) is 0 Å². The number of nitrogens with one attached hydrogen (secondary N) is 1. The molecule has 2 rings (SSSR count). The molecule has 1 N–H and O–H groups in total. The first-order valence-electron chi connectivity index (χ1n) is 8.87. The molecular formula is C21H26N2O5. The van der Waals surface area contributed by atoms with Gasteiger partial charge in [0.05, 0.1) is 27.0 Å². The van der Waals surface area contributed by atoms with Crippen LogP contribution in [0.1, 0.15) is 18.9 Å². The molecule has 2 aromatic carbocycles. The summed E-state index contributed by atoms with van der Waals surface area (Å²) in [7, 11) is 4.68. The van der Waals surface area contributed by atoms with Gasteiger partial charge in [-0.05, 0) is 29.8 Å². The Balaban J connectivity index is 1.99. The summed E-state index contributed by atoms with van der Waals surface area (Å²) >= 11 is 0. The maximum absolute atomic E-state index is 12.3. The number of hydrogen-bond donors (Lipinski definition) is 1. The molecule has 0 radical (unpaired) electrons. The van der Waals surface area contributed by atoms with Crippen molar-refractivity contribution in [1.82, 2.24) is 4.90 Å². The Morgan fingerprint density at radius 2 is 1.61 bits per heavy atom. The number of benzene rings is 2. The van der Waals surface area contributed by atoms with Crippen LogP contribution in [-0.4, -0.2) is 44.6 Å². The first-order chi connectivity index (χ1) is 13.5. The van der Waals surface area contributed by atoms with E-state index in [4.69, 9.17) is 14.2 Å². The Kier molecular flexibility index (Phi) is 7.68. The van der Waals surface area contributed by atoms with Gasteiger partial charge in [0.1, 0.15) is 5.75 Å². The molecule has 0 spiro atoms. The lowest BCUT2D eigenvalue weighted by Gasteiger charge is -2.21. The topological polar surface area (TPSA) is 77.1 Å². The number of rotatable bonds is 9. The van der Waals surface area contributed by atoms with Gasteiger partial charge >= 0.3 is 0 Å². The molecule has 0 aliphatic carbocycles. The van der Waals surface area contributed by atoms with Crippen LogP contribution in [0.5, 0.6) is 17.2 Å². The fraction of sp³-hybridized carbons (Fsp3) is 0.333. The number of carbonyl (C=O) groups is 2. The van der Waals surface area contributed by atoms with Crippen LogP contribution in [0.4, 0.5) is 5.69 Å². The van der Waals surface area contributed by atoms with Crippen LogP contribution in [0.25, 0.3) is 0 Å². The average molecular weight is 386 g/mol. The number of anilines is 1. The van der Waals surface area contributed by atoms with Crippen molar-refractivity contribution in [2.75, 3.05) is 33.2 Å². The Morgan fingerprint density at radius 3 is 2.25 bits per heavy atom. The second-order valence-corrected chi connectivity index (χ2v) is 6.13. The molecule has 0 heterocycles. The molecule has 0 unspecified atom stereocenters. The van der Waals surface area contributed by atoms with Crippen molar-refractivity contribution in [2.45, 2.75) is 19.9 Å². The Hall–Kier alpha value is -3.22. The van der Waals surface area contributed by atoms with Gasteiger partial charge in [0, 0.05) is 26.4 Å². The van der Waals surface area contributed by atoms with E-state index in [0.29, 0.717) is 36.0 Å². The fourth-order valence-electron chi connectivity index (χ4n) is 2.74. The zero-order valence-electron chi connectivity index (χ0n) is 16.7. The van der Waals surface area contributed by atoms with E-state index in [1.807, 2.05) is 24.3 Å². The number of hydrogen-bond acceptors (Lipinski definition) is 5. The van der Waals surface area contributed by atoms with Gasteiger partial charge in [-0.1, -0.05) is 18.2 Å². The maximum Gasteiger partial charge on any atom is 0.226 e. The largest absolute Gasteiger partial charge is 0.495 e. The molecule has 0 aliphatic rings. The van der Waals surface area contributed by atoms with Gasteiger partial charge in [0.2, 0.25) is 11.8 Å². The lowest BCUT2D eigenvalue weighted by atomic mass is 10.1. The van der Waals surface area contributed by atoms with Crippen molar-refractivity contribution in [3.8, 4) is 17.2 Å². The molecule has 0 saturated heterocycles. The minimum atomic E-state index is -0.192. The molecule has 7 nitrogen and oxygen atoms in total. The van der Waals surface area contributed by atoms with Crippen molar-refractivity contribution in [3.05, 3.63) is 48.0 Å². The number of carbonyl (C=O) groups excluding carboxylic acids is 2. The number of para-hydroxylation sites is 2. The summed E-state index contributed by atoms with van der Waals surface area (Å²) < 4.78 is 15.8. The highest BCUT2D eigenvalue weighted by molar-refractivity contribution is 5.92. The normalized spacial score (nSPS) is 10.1. The minimum absolute atomic E-state index is 0.111. The number of methoxy groups -OCH3 is 3. The van der Waals surface area contributed by atoms with Crippen molar-refractivity contribution < 1.29 is 23.8 Å². The molecule has 150 valence electrons. The van der Waals surface area contributed by atoms with Crippen molar-refractivity contribution in [1.29, 1.82) is 0 Å². The number of nitrogens with zero attached hydrogens (tertiary/aromatic N) is 1. The maximum atomic E-state index is 12.3. The van der Waals surface area contributed by atoms with Crippen molar-refractivity contribution in [2.24, 2.45) is 0 Å². The predicted molar refractivity (Wildman–Crippen MR) is 107 cm³/mol. The second kappa shape index (κ2) is 10.2. The van der Waals surface area contributed by atoms with E-state index < -0.39 is 0 Å². The SMILES string of the molecule is COc1ccccc1NC(=O)CCN(Cc1ccc(OC)c(OC)c1)C(C)=O. The summed E-state index contributed by atoms with van der Waals surface area (Å²) in [6.45, 7) is 2.15. The molecule has 0 aliphatic heterocycles. The first kappa shape index (κ1) is 21.1. The Labute approximate surface area is 165 Å². The molecule has 2 aromatic rings. The Morgan fingerprint density at radius 1 is 0.929 bits per heavy atom. The third-order valence-corrected chi connectivity index (χ3v) is 4.26. The lowest BCUT2D eigenvalue weighted by Crippen LogP contribution is -2.31. The molecular weight excluding hydrogens is 360 g/mol. The summed E-state index contributed by atoms with van der Waals surface area (Å²) in [6, 6.07) is 12.7. The van der Waals surface area contributed by atoms with Gasteiger partial charge in [-0.3, -0.25) is 9.59 Å². The quantitative estimate of drug-likeness (QED) is 0.717. The monoisotopic (exact) mass is 386 g/mol. The second-order valence-electron chi connectivity index (χ2n) is 6.13. The zero-order valence-corrected chi connectivity index (χ0v) is 16.7. The smallest absolute Gasteiger partial charge is 0.226 e. The molecule has 0 bridgehead atoms. The van der Waals surface area contributed by atoms with Gasteiger partial charge in [-0.15, -0.1) is 0 Å². The highest BCUT2D eigenvalue weighted by Crippen LogP contribution is 2.28. The third kappa shape index (κ3) is 5.64. The summed E-state index contributed by atoms with van der Waals surface area (Å²) in [5, 5.41) is 2.81. The molecule has 2 amide bonds. The van der Waals surface area contributed by atoms with Crippen LogP contribution in [0, 0.1) is 0 Å². The van der Waals surface area contributed by atoms with Crippen LogP contribution in [0.15, 0.2) is 42.5 Å². The summed E-state index contributed by atoms with van der Waals surface area (Å²) in [5.41, 5.74) is 1.49. The van der Waals surface area contributed by atoms with Gasteiger partial charge < -0.3 is 24.4 Å². The number of amides is 2. The van der Waals surface area contributed by atoms with Crippen molar-refractivity contribution in [3.63, 3.8) is 0 Å². The molecule has 0 saturated carbocycles. The highest BCUT2D eigenvalue weighted by Gasteiger charge is 2.14. The van der Waals surface area contributed by atoms with E-state index in [1.54, 1.807) is 44.4 Å². The van der Waals surface area contributed by atoms with Gasteiger partial charge in [-0.2, -0.15) is 0 Å². The Bertz CT molecular complexity index is 822. The van der Waals surface area contributed by atoms with E-state index >= 15 is 0 Å². The average Bonchev–Trinajstić information content (AvgIpc) is 2.71. The molecule has 0 aromatic heterocycles. The lowest BCUT2D eigenvalue weighted by molar-refractivity contribution is -0.129. The van der Waals surface area contributed by atoms with Gasteiger partial charge in [0.15, 0.2) is 11.5 Å². The number of ether oxygens (including phenoxy) is 3. The zero-order chi connectivity index (χ0) is 20.5. The summed E-state index contributed by atoms with van der Waals surface area (Å²) in [4.78, 5) is 25.9. The van der Waals surface area contributed by atoms with Crippen LogP contribution < -0.4 is 19.5 Å². The van der Waals surface area contributed by atoms with E-state index in [2.05, 4.69) is 5.32 Å². The van der Waals surface area contributed by atoms with E-state index in [1.165, 1.54) is 6.92 Å². The van der Waals surface area contributed by atoms with Gasteiger partial charge in [-0.25, -0.2) is 0 Å². The molecule has 0 atom stereocenters. The highest BCUT2D eigenvalue weighted by atomic mass is 16.5. The predicted octanol–water partition coefficient (Wildman–Crippen LogP) is 3.09. The third-order valence-electron chi connectivity index (χ3n) is 4.26. The van der Waals surface area contributed by atoms with Crippen LogP contribution in [-0.2, 0) is 16.1 Å². The summed E-state index contributed by atoms with van der Waals surface area (Å²) in [5.74, 6) is 1.50. The van der Waals surface area contributed by atoms with Gasteiger partial charge in [0.25, 0.3) is 0 Å². The van der Waals surface area contributed by atoms with Crippen LogP contribution >= 0.6 is 0 Å². The summed E-state index contributed by atoms with van der Waals surface area (Å²) in [6.07, 6.45) is 0.172. The van der Waals surface area contributed by atoms with Crippen LogP contribution in [0.2, 0.25) is 0 Å². The first-order valence-corrected chi connectivity index (χ1v) is 8.87. The standard InChI is InChI=1S/C21H26N2O5/c1-15(24)23(14-16-9-10-19(27-3)20(13-16)28-4)12-11-21(25)22-17-7-5-6-8-18(17)26-2/h5-10,13H,11-12,14H2,1-4H3,(H,22,25). The van der Waals surface area contributed by atoms with E-state index in [0.717, 1.165) is 5.56 Å². The fourth-order valence-corrected chi connectivity index (χ4v) is 2.74. The van der Waals surface area contributed by atoms with Crippen molar-refractivity contribution >= 4 is 17.5 Å². The van der Waals surface area contributed by atoms with E-state index in [9.17, 15) is 9.59 Å². The van der Waals surface area contributed by atoms with E-state index in [-0.39, 0.29) is 18.2 Å². The molecule has 28 heavy (non-hydrogen) atoms.